The van der Waals surface area contributed by atoms with Crippen LogP contribution in [0.4, 0.5) is 10.3 Å². The van der Waals surface area contributed by atoms with Gasteiger partial charge in [-0.1, -0.05) is 11.8 Å². The minimum absolute atomic E-state index is 0.267. The summed E-state index contributed by atoms with van der Waals surface area (Å²) in [6.45, 7) is 1.26. The van der Waals surface area contributed by atoms with E-state index in [1.54, 1.807) is 7.05 Å². The van der Waals surface area contributed by atoms with Crippen molar-refractivity contribution >= 4 is 17.7 Å². The summed E-state index contributed by atoms with van der Waals surface area (Å²) in [5.41, 5.74) is 0. The molecule has 1 N–H and O–H groups in total. The fourth-order valence-electron chi connectivity index (χ4n) is 1.86. The first-order valence-corrected chi connectivity index (χ1v) is 7.36. The van der Waals surface area contributed by atoms with Crippen LogP contribution in [-0.4, -0.2) is 30.2 Å². The van der Waals surface area contributed by atoms with E-state index in [2.05, 4.69) is 15.3 Å². The zero-order chi connectivity index (χ0) is 14.7. The van der Waals surface area contributed by atoms with Crippen LogP contribution < -0.4 is 14.8 Å². The second kappa shape index (κ2) is 6.17. The molecule has 0 atom stereocenters. The molecule has 3 rings (SSSR count). The van der Waals surface area contributed by atoms with Gasteiger partial charge in [0.1, 0.15) is 5.03 Å². The van der Waals surface area contributed by atoms with Crippen molar-refractivity contribution in [2.24, 2.45) is 0 Å². The quantitative estimate of drug-likeness (QED) is 0.880. The van der Waals surface area contributed by atoms with Gasteiger partial charge in [0.15, 0.2) is 17.3 Å². The van der Waals surface area contributed by atoms with Crippen LogP contribution >= 0.6 is 11.8 Å². The molecule has 1 aromatic heterocycles. The topological polar surface area (TPSA) is 56.3 Å². The Morgan fingerprint density at radius 2 is 2.05 bits per heavy atom. The Morgan fingerprint density at radius 1 is 1.24 bits per heavy atom. The van der Waals surface area contributed by atoms with E-state index in [4.69, 9.17) is 9.47 Å². The minimum Gasteiger partial charge on any atom is -0.490 e. The van der Waals surface area contributed by atoms with Gasteiger partial charge in [-0.3, -0.25) is 0 Å². The Kier molecular flexibility index (Phi) is 4.10. The lowest BCUT2D eigenvalue weighted by Crippen LogP contribution is -1.99. The van der Waals surface area contributed by atoms with Gasteiger partial charge in [0, 0.05) is 18.4 Å². The highest BCUT2D eigenvalue weighted by Gasteiger charge is 2.13. The molecular formula is C14H14FN3O2S. The number of nitrogens with zero attached hydrogens (tertiary/aromatic N) is 2. The van der Waals surface area contributed by atoms with E-state index in [0.29, 0.717) is 24.9 Å². The highest BCUT2D eigenvalue weighted by molar-refractivity contribution is 7.99. The summed E-state index contributed by atoms with van der Waals surface area (Å²) >= 11 is 1.22. The highest BCUT2D eigenvalue weighted by Crippen LogP contribution is 2.36. The van der Waals surface area contributed by atoms with Gasteiger partial charge < -0.3 is 14.8 Å². The molecule has 2 heterocycles. The fourth-order valence-corrected chi connectivity index (χ4v) is 2.67. The van der Waals surface area contributed by atoms with Gasteiger partial charge in [0.05, 0.1) is 19.4 Å². The van der Waals surface area contributed by atoms with E-state index in [9.17, 15) is 4.39 Å². The summed E-state index contributed by atoms with van der Waals surface area (Å²) in [4.78, 5) is 8.77. The van der Waals surface area contributed by atoms with E-state index in [0.717, 1.165) is 23.3 Å². The number of rotatable bonds is 3. The van der Waals surface area contributed by atoms with Crippen molar-refractivity contribution in [1.29, 1.82) is 0 Å². The minimum atomic E-state index is -0.453. The average molecular weight is 307 g/mol. The van der Waals surface area contributed by atoms with Crippen molar-refractivity contribution in [2.45, 2.75) is 16.3 Å². The van der Waals surface area contributed by atoms with Gasteiger partial charge >= 0.3 is 0 Å². The number of ether oxygens (including phenoxy) is 2. The van der Waals surface area contributed by atoms with Crippen LogP contribution in [0.1, 0.15) is 6.42 Å². The van der Waals surface area contributed by atoms with E-state index >= 15 is 0 Å². The Labute approximate surface area is 125 Å². The number of benzene rings is 1. The van der Waals surface area contributed by atoms with Crippen LogP contribution in [0.25, 0.3) is 0 Å². The second-order valence-electron chi connectivity index (χ2n) is 4.36. The first-order chi connectivity index (χ1) is 10.3. The first-order valence-electron chi connectivity index (χ1n) is 6.54. The molecule has 0 unspecified atom stereocenters. The third kappa shape index (κ3) is 3.18. The number of aromatic nitrogens is 2. The molecule has 1 aliphatic rings. The van der Waals surface area contributed by atoms with E-state index < -0.39 is 5.82 Å². The molecule has 0 spiro atoms. The maximum atomic E-state index is 13.8. The third-order valence-electron chi connectivity index (χ3n) is 2.87. The molecule has 0 bridgehead atoms. The number of fused-ring (bicyclic) bond motifs is 1. The van der Waals surface area contributed by atoms with Gasteiger partial charge in [0.2, 0.25) is 5.95 Å². The maximum absolute atomic E-state index is 13.8. The molecule has 7 heteroatoms. The smallest absolute Gasteiger partial charge is 0.223 e. The first kappa shape index (κ1) is 13.9. The molecule has 110 valence electrons. The lowest BCUT2D eigenvalue weighted by atomic mass is 10.3. The largest absolute Gasteiger partial charge is 0.490 e. The normalized spacial score (nSPS) is 13.6. The Hall–Kier alpha value is -2.02. The van der Waals surface area contributed by atoms with Crippen LogP contribution in [-0.2, 0) is 0 Å². The molecule has 5 nitrogen and oxygen atoms in total. The van der Waals surface area contributed by atoms with Gasteiger partial charge in [-0.05, 0) is 18.2 Å². The monoisotopic (exact) mass is 307 g/mol. The molecule has 2 aromatic rings. The van der Waals surface area contributed by atoms with Crippen LogP contribution in [0, 0.1) is 5.82 Å². The third-order valence-corrected chi connectivity index (χ3v) is 3.84. The molecule has 0 saturated carbocycles. The van der Waals surface area contributed by atoms with Crippen molar-refractivity contribution in [3.8, 4) is 11.5 Å². The number of anilines is 1. The summed E-state index contributed by atoms with van der Waals surface area (Å²) in [5.74, 6) is 1.33. The summed E-state index contributed by atoms with van der Waals surface area (Å²) < 4.78 is 25.0. The Balaban J connectivity index is 1.86. The molecule has 0 radical (unpaired) electrons. The molecule has 1 aromatic carbocycles. The van der Waals surface area contributed by atoms with Gasteiger partial charge in [-0.15, -0.1) is 0 Å². The van der Waals surface area contributed by atoms with E-state index in [1.807, 2.05) is 18.2 Å². The molecule has 0 saturated heterocycles. The lowest BCUT2D eigenvalue weighted by Gasteiger charge is -2.09. The Morgan fingerprint density at radius 3 is 2.86 bits per heavy atom. The predicted octanol–water partition coefficient (Wildman–Crippen LogP) is 2.97. The lowest BCUT2D eigenvalue weighted by molar-refractivity contribution is 0.297. The maximum Gasteiger partial charge on any atom is 0.223 e. The van der Waals surface area contributed by atoms with E-state index in [1.165, 1.54) is 11.8 Å². The van der Waals surface area contributed by atoms with Crippen molar-refractivity contribution < 1.29 is 13.9 Å². The molecule has 0 amide bonds. The van der Waals surface area contributed by atoms with Crippen LogP contribution in [0.2, 0.25) is 0 Å². The number of halogens is 1. The van der Waals surface area contributed by atoms with Crippen LogP contribution in [0.3, 0.4) is 0 Å². The zero-order valence-electron chi connectivity index (χ0n) is 11.4. The summed E-state index contributed by atoms with van der Waals surface area (Å²) in [6, 6.07) is 5.53. The van der Waals surface area contributed by atoms with Gasteiger partial charge in [-0.2, -0.15) is 0 Å². The van der Waals surface area contributed by atoms with Crippen molar-refractivity contribution in [3.63, 3.8) is 0 Å². The summed E-state index contributed by atoms with van der Waals surface area (Å²) in [7, 11) is 1.69. The number of hydrogen-bond donors (Lipinski definition) is 1. The molecule has 0 aliphatic carbocycles. The molecule has 21 heavy (non-hydrogen) atoms. The van der Waals surface area contributed by atoms with Gasteiger partial charge in [-0.25, -0.2) is 14.4 Å². The van der Waals surface area contributed by atoms with Crippen molar-refractivity contribution in [3.05, 3.63) is 30.2 Å². The SMILES string of the molecule is CNc1ncc(F)c(Sc2ccc3c(c2)OCCCO3)n1. The standard InChI is InChI=1S/C14H14FN3O2S/c1-16-14-17-8-10(15)13(18-14)21-9-3-4-11-12(7-9)20-6-2-5-19-11/h3-4,7-8H,2,5-6H2,1H3,(H,16,17,18). The zero-order valence-corrected chi connectivity index (χ0v) is 12.2. The fraction of sp³-hybridized carbons (Fsp3) is 0.286. The molecule has 0 fully saturated rings. The number of hydrogen-bond acceptors (Lipinski definition) is 6. The highest BCUT2D eigenvalue weighted by atomic mass is 32.2. The van der Waals surface area contributed by atoms with Gasteiger partial charge in [0.25, 0.3) is 0 Å². The molecule has 1 aliphatic heterocycles. The summed E-state index contributed by atoms with van der Waals surface area (Å²) in [6.07, 6.45) is 2.01. The molecular weight excluding hydrogens is 293 g/mol. The number of nitrogens with one attached hydrogen (secondary N) is 1. The predicted molar refractivity (Wildman–Crippen MR) is 77.7 cm³/mol. The van der Waals surface area contributed by atoms with Crippen molar-refractivity contribution in [1.82, 2.24) is 9.97 Å². The van der Waals surface area contributed by atoms with Crippen molar-refractivity contribution in [2.75, 3.05) is 25.6 Å². The van der Waals surface area contributed by atoms with Crippen LogP contribution in [0.15, 0.2) is 34.3 Å². The van der Waals surface area contributed by atoms with Crippen LogP contribution in [0.5, 0.6) is 11.5 Å². The Bertz CT molecular complexity index is 654. The van der Waals surface area contributed by atoms with E-state index in [-0.39, 0.29) is 5.03 Å². The second-order valence-corrected chi connectivity index (χ2v) is 5.42. The summed E-state index contributed by atoms with van der Waals surface area (Å²) in [5, 5.41) is 3.06. The average Bonchev–Trinajstić information content (AvgIpc) is 2.74.